The Kier molecular flexibility index (Phi) is 4.73. The van der Waals surface area contributed by atoms with Gasteiger partial charge in [0.05, 0.1) is 15.1 Å². The van der Waals surface area contributed by atoms with Crippen molar-refractivity contribution in [3.8, 4) is 0 Å². The fraction of sp³-hybridized carbons (Fsp3) is 0.176. The maximum Gasteiger partial charge on any atom is 0.269 e. The molecular formula is C17H17N3O3S2. The Labute approximate surface area is 149 Å². The topological polar surface area (TPSA) is 88.2 Å². The molecule has 3 rings (SSSR count). The predicted molar refractivity (Wildman–Crippen MR) is 99.6 cm³/mol. The number of carbonyl (C=O) groups is 1. The molecule has 0 unspecified atom stereocenters. The first-order chi connectivity index (χ1) is 11.9. The fourth-order valence-corrected chi connectivity index (χ4v) is 3.88. The molecule has 6 nitrogen and oxygen atoms in total. The van der Waals surface area contributed by atoms with Crippen LogP contribution in [0.15, 0.2) is 47.4 Å². The van der Waals surface area contributed by atoms with Crippen molar-refractivity contribution in [3.05, 3.63) is 53.6 Å². The second kappa shape index (κ2) is 6.81. The first-order valence-corrected chi connectivity index (χ1v) is 10.3. The summed E-state index contributed by atoms with van der Waals surface area (Å²) in [6.45, 7) is 2.07. The van der Waals surface area contributed by atoms with Crippen molar-refractivity contribution in [2.24, 2.45) is 0 Å². The maximum absolute atomic E-state index is 12.2. The molecule has 8 heteroatoms. The van der Waals surface area contributed by atoms with Gasteiger partial charge in [-0.25, -0.2) is 13.4 Å². The van der Waals surface area contributed by atoms with Crippen molar-refractivity contribution in [2.75, 3.05) is 11.7 Å². The molecule has 0 atom stereocenters. The van der Waals surface area contributed by atoms with E-state index >= 15 is 0 Å². The van der Waals surface area contributed by atoms with Crippen LogP contribution in [0.1, 0.15) is 22.8 Å². The zero-order chi connectivity index (χ0) is 18.0. The van der Waals surface area contributed by atoms with Crippen LogP contribution in [0.5, 0.6) is 0 Å². The van der Waals surface area contributed by atoms with Crippen LogP contribution in [0.4, 0.5) is 5.13 Å². The minimum Gasteiger partial charge on any atom is -0.273 e. The largest absolute Gasteiger partial charge is 0.273 e. The van der Waals surface area contributed by atoms with Gasteiger partial charge in [-0.05, 0) is 42.3 Å². The third-order valence-corrected chi connectivity index (χ3v) is 5.78. The van der Waals surface area contributed by atoms with Crippen molar-refractivity contribution >= 4 is 42.4 Å². The van der Waals surface area contributed by atoms with Crippen LogP contribution in [0, 0.1) is 0 Å². The number of aromatic nitrogens is 1. The first kappa shape index (κ1) is 17.4. The molecule has 0 aliphatic carbocycles. The highest BCUT2D eigenvalue weighted by Gasteiger charge is 2.11. The molecule has 0 spiro atoms. The monoisotopic (exact) mass is 375 g/mol. The number of para-hydroxylation sites is 1. The summed E-state index contributed by atoms with van der Waals surface area (Å²) in [5, 5.41) is 0.594. The summed E-state index contributed by atoms with van der Waals surface area (Å²) < 4.78 is 23.9. The molecule has 0 bridgehead atoms. The summed E-state index contributed by atoms with van der Waals surface area (Å²) in [6, 6.07) is 11.8. The number of hydrazine groups is 1. The smallest absolute Gasteiger partial charge is 0.269 e. The lowest BCUT2D eigenvalue weighted by molar-refractivity contribution is 0.0962. The van der Waals surface area contributed by atoms with Crippen LogP contribution in [-0.4, -0.2) is 25.6 Å². The minimum atomic E-state index is -3.28. The van der Waals surface area contributed by atoms with Gasteiger partial charge in [-0.2, -0.15) is 0 Å². The van der Waals surface area contributed by atoms with Crippen LogP contribution in [0.2, 0.25) is 0 Å². The lowest BCUT2D eigenvalue weighted by atomic mass is 10.1. The molecule has 3 aromatic rings. The van der Waals surface area contributed by atoms with Crippen molar-refractivity contribution in [1.82, 2.24) is 10.4 Å². The fourth-order valence-electron chi connectivity index (χ4n) is 2.38. The second-order valence-electron chi connectivity index (χ2n) is 5.51. The molecule has 1 amide bonds. The molecule has 1 aromatic heterocycles. The molecule has 2 N–H and O–H groups in total. The summed E-state index contributed by atoms with van der Waals surface area (Å²) in [4.78, 5) is 16.9. The van der Waals surface area contributed by atoms with E-state index in [1.165, 1.54) is 35.6 Å². The van der Waals surface area contributed by atoms with Crippen LogP contribution >= 0.6 is 11.3 Å². The Balaban J connectivity index is 1.72. The standard InChI is InChI=1S/C17H17N3O3S2/c1-3-11-5-4-6-14-15(11)18-17(24-14)20-19-16(21)12-7-9-13(10-8-12)25(2,22)23/h4-10H,3H2,1-2H3,(H,18,20)(H,19,21). The molecule has 25 heavy (non-hydrogen) atoms. The molecule has 0 saturated heterocycles. The van der Waals surface area contributed by atoms with Gasteiger partial charge in [-0.3, -0.25) is 15.6 Å². The van der Waals surface area contributed by atoms with E-state index in [-0.39, 0.29) is 10.8 Å². The van der Waals surface area contributed by atoms with Crippen molar-refractivity contribution in [1.29, 1.82) is 0 Å². The summed E-state index contributed by atoms with van der Waals surface area (Å²) in [5.41, 5.74) is 7.85. The van der Waals surface area contributed by atoms with Gasteiger partial charge >= 0.3 is 0 Å². The summed E-state index contributed by atoms with van der Waals surface area (Å²) >= 11 is 1.45. The molecule has 130 valence electrons. The van der Waals surface area contributed by atoms with Gasteiger partial charge in [0.25, 0.3) is 5.91 Å². The van der Waals surface area contributed by atoms with Crippen LogP contribution < -0.4 is 10.9 Å². The first-order valence-electron chi connectivity index (χ1n) is 7.63. The Morgan fingerprint density at radius 1 is 1.16 bits per heavy atom. The highest BCUT2D eigenvalue weighted by Crippen LogP contribution is 2.28. The maximum atomic E-state index is 12.2. The number of sulfone groups is 1. The number of carbonyl (C=O) groups excluding carboxylic acids is 1. The average Bonchev–Trinajstić information content (AvgIpc) is 3.02. The number of fused-ring (bicyclic) bond motifs is 1. The highest BCUT2D eigenvalue weighted by molar-refractivity contribution is 7.90. The minimum absolute atomic E-state index is 0.176. The van der Waals surface area contributed by atoms with E-state index in [0.29, 0.717) is 10.7 Å². The van der Waals surface area contributed by atoms with Gasteiger partial charge in [-0.15, -0.1) is 0 Å². The van der Waals surface area contributed by atoms with Crippen molar-refractivity contribution < 1.29 is 13.2 Å². The van der Waals surface area contributed by atoms with Gasteiger partial charge in [-0.1, -0.05) is 30.4 Å². The zero-order valence-corrected chi connectivity index (χ0v) is 15.4. The van der Waals surface area contributed by atoms with Crippen LogP contribution in [0.25, 0.3) is 10.2 Å². The number of nitrogens with one attached hydrogen (secondary N) is 2. The van der Waals surface area contributed by atoms with Crippen molar-refractivity contribution in [2.45, 2.75) is 18.2 Å². The molecule has 0 fully saturated rings. The Bertz CT molecular complexity index is 1020. The van der Waals surface area contributed by atoms with Crippen LogP contribution in [-0.2, 0) is 16.3 Å². The van der Waals surface area contributed by atoms with Crippen LogP contribution in [0.3, 0.4) is 0 Å². The van der Waals surface area contributed by atoms with E-state index in [2.05, 4.69) is 22.8 Å². The Hall–Kier alpha value is -2.45. The van der Waals surface area contributed by atoms with E-state index in [4.69, 9.17) is 0 Å². The van der Waals surface area contributed by atoms with E-state index in [0.717, 1.165) is 28.5 Å². The highest BCUT2D eigenvalue weighted by atomic mass is 32.2. The number of thiazole rings is 1. The predicted octanol–water partition coefficient (Wildman–Crippen LogP) is 3.02. The summed E-state index contributed by atoms with van der Waals surface area (Å²) in [6.07, 6.45) is 2.01. The van der Waals surface area contributed by atoms with Gasteiger partial charge in [0.1, 0.15) is 0 Å². The molecule has 2 aromatic carbocycles. The molecule has 0 aliphatic rings. The average molecular weight is 375 g/mol. The normalized spacial score (nSPS) is 11.4. The van der Waals surface area contributed by atoms with E-state index < -0.39 is 9.84 Å². The second-order valence-corrected chi connectivity index (χ2v) is 8.56. The van der Waals surface area contributed by atoms with Gasteiger partial charge in [0.15, 0.2) is 9.84 Å². The van der Waals surface area contributed by atoms with Crippen molar-refractivity contribution in [3.63, 3.8) is 0 Å². The SMILES string of the molecule is CCc1cccc2sc(NNC(=O)c3ccc(S(C)(=O)=O)cc3)nc12. The van der Waals surface area contributed by atoms with Gasteiger partial charge in [0, 0.05) is 11.8 Å². The quantitative estimate of drug-likeness (QED) is 0.669. The van der Waals surface area contributed by atoms with Gasteiger partial charge < -0.3 is 0 Å². The molecule has 0 saturated carbocycles. The van der Waals surface area contributed by atoms with Gasteiger partial charge in [0.2, 0.25) is 5.13 Å². The third kappa shape index (κ3) is 3.80. The number of benzene rings is 2. The Morgan fingerprint density at radius 3 is 2.52 bits per heavy atom. The molecule has 0 radical (unpaired) electrons. The third-order valence-electron chi connectivity index (χ3n) is 3.71. The van der Waals surface area contributed by atoms with E-state index in [1.54, 1.807) is 0 Å². The number of anilines is 1. The number of rotatable bonds is 5. The lowest BCUT2D eigenvalue weighted by Gasteiger charge is -2.06. The number of nitrogens with zero attached hydrogens (tertiary/aromatic N) is 1. The number of hydrogen-bond acceptors (Lipinski definition) is 6. The molecular weight excluding hydrogens is 358 g/mol. The molecule has 0 aliphatic heterocycles. The summed E-state index contributed by atoms with van der Waals surface area (Å²) in [5.74, 6) is -0.366. The number of amides is 1. The number of hydrogen-bond donors (Lipinski definition) is 2. The lowest BCUT2D eigenvalue weighted by Crippen LogP contribution is -2.29. The molecule has 1 heterocycles. The summed E-state index contributed by atoms with van der Waals surface area (Å²) in [7, 11) is -3.28. The number of aryl methyl sites for hydroxylation is 1. The zero-order valence-electron chi connectivity index (χ0n) is 13.7. The van der Waals surface area contributed by atoms with E-state index in [9.17, 15) is 13.2 Å². The Morgan fingerprint density at radius 2 is 1.88 bits per heavy atom. The van der Waals surface area contributed by atoms with E-state index in [1.807, 2.05) is 18.2 Å².